The van der Waals surface area contributed by atoms with Gasteiger partial charge in [-0.05, 0) is 88.0 Å². The average Bonchev–Trinajstić information content (AvgIpc) is 3.43. The smallest absolute Gasteiger partial charge is 0.237 e. The van der Waals surface area contributed by atoms with Crippen LogP contribution in [0.1, 0.15) is 96.9 Å². The number of hydrogen-bond donors (Lipinski definition) is 2. The molecule has 2 aliphatic rings. The van der Waals surface area contributed by atoms with Crippen molar-refractivity contribution in [2.45, 2.75) is 103 Å². The van der Waals surface area contributed by atoms with Crippen molar-refractivity contribution in [1.82, 2.24) is 20.4 Å². The lowest BCUT2D eigenvalue weighted by molar-refractivity contribution is -0.123. The molecule has 2 N–H and O–H groups in total. The highest BCUT2D eigenvalue weighted by Gasteiger charge is 2.41. The number of rotatable bonds is 4. The molecule has 1 amide bonds. The molecule has 0 bridgehead atoms. The first kappa shape index (κ1) is 26.2. The Bertz CT molecular complexity index is 1050. The van der Waals surface area contributed by atoms with Crippen molar-refractivity contribution < 1.29 is 9.18 Å². The van der Waals surface area contributed by atoms with Crippen LogP contribution in [0.25, 0.3) is 0 Å². The first-order valence-electron chi connectivity index (χ1n) is 12.9. The van der Waals surface area contributed by atoms with E-state index in [0.717, 1.165) is 36.9 Å². The molecule has 1 aromatic heterocycles. The molecular weight excluding hydrogens is 463 g/mol. The normalized spacial score (nSPS) is 27.7. The standard InChI is InChI=1S/C28H40ClFN4O/c1-27(2,3)18-8-10-19(11-9-18)31-26(35)24-16-20(23-13-14-34(33-23)28(4,5)6)25(32-24)17-7-12-21(29)22(30)15-17/h7,12-15,18-20,24-25,32H,8-11,16H2,1-6H3,(H,31,35)/t18?,19?,20-,24+,25+/m1/s1. The summed E-state index contributed by atoms with van der Waals surface area (Å²) in [6.07, 6.45) is 6.92. The first-order valence-corrected chi connectivity index (χ1v) is 13.3. The van der Waals surface area contributed by atoms with Crippen LogP contribution in [0.2, 0.25) is 5.02 Å². The number of nitrogens with zero attached hydrogens (tertiary/aromatic N) is 2. The Morgan fingerprint density at radius 1 is 1.11 bits per heavy atom. The van der Waals surface area contributed by atoms with E-state index in [4.69, 9.17) is 16.7 Å². The van der Waals surface area contributed by atoms with Gasteiger partial charge in [-0.15, -0.1) is 0 Å². The molecule has 1 aliphatic heterocycles. The van der Waals surface area contributed by atoms with E-state index >= 15 is 0 Å². The maximum absolute atomic E-state index is 14.3. The molecule has 3 atom stereocenters. The van der Waals surface area contributed by atoms with Gasteiger partial charge in [0.2, 0.25) is 5.91 Å². The van der Waals surface area contributed by atoms with E-state index in [1.54, 1.807) is 6.07 Å². The average molecular weight is 503 g/mol. The summed E-state index contributed by atoms with van der Waals surface area (Å²) in [5.41, 5.74) is 1.86. The zero-order valence-corrected chi connectivity index (χ0v) is 22.6. The van der Waals surface area contributed by atoms with Crippen LogP contribution in [-0.2, 0) is 10.3 Å². The highest BCUT2D eigenvalue weighted by molar-refractivity contribution is 6.30. The van der Waals surface area contributed by atoms with Gasteiger partial charge in [-0.3, -0.25) is 14.8 Å². The third-order valence-electron chi connectivity index (χ3n) is 7.87. The largest absolute Gasteiger partial charge is 0.352 e. The molecular formula is C28H40ClFN4O. The molecule has 0 spiro atoms. The number of carbonyl (C=O) groups excluding carboxylic acids is 1. The second-order valence-corrected chi connectivity index (χ2v) is 12.9. The van der Waals surface area contributed by atoms with Crippen molar-refractivity contribution in [1.29, 1.82) is 0 Å². The van der Waals surface area contributed by atoms with Crippen molar-refractivity contribution >= 4 is 17.5 Å². The number of aromatic nitrogens is 2. The van der Waals surface area contributed by atoms with E-state index in [-0.39, 0.29) is 40.5 Å². The zero-order valence-electron chi connectivity index (χ0n) is 21.9. The summed E-state index contributed by atoms with van der Waals surface area (Å²) in [4.78, 5) is 13.3. The molecule has 0 unspecified atom stereocenters. The van der Waals surface area contributed by atoms with Gasteiger partial charge < -0.3 is 5.32 Å². The minimum Gasteiger partial charge on any atom is -0.352 e. The Morgan fingerprint density at radius 2 is 1.80 bits per heavy atom. The minimum atomic E-state index is -0.451. The van der Waals surface area contributed by atoms with Crippen LogP contribution in [0.4, 0.5) is 4.39 Å². The molecule has 7 heteroatoms. The number of nitrogens with one attached hydrogen (secondary N) is 2. The molecule has 2 aromatic rings. The summed E-state index contributed by atoms with van der Waals surface area (Å²) in [5.74, 6) is 0.230. The van der Waals surface area contributed by atoms with Gasteiger partial charge in [-0.2, -0.15) is 5.10 Å². The molecule has 5 nitrogen and oxygen atoms in total. The Labute approximate surface area is 214 Å². The Hall–Kier alpha value is -1.92. The van der Waals surface area contributed by atoms with Crippen LogP contribution in [-0.4, -0.2) is 27.8 Å². The maximum Gasteiger partial charge on any atom is 0.237 e. The van der Waals surface area contributed by atoms with Gasteiger partial charge in [0.1, 0.15) is 5.82 Å². The van der Waals surface area contributed by atoms with Gasteiger partial charge in [0.25, 0.3) is 0 Å². The summed E-state index contributed by atoms with van der Waals surface area (Å²) in [7, 11) is 0. The summed E-state index contributed by atoms with van der Waals surface area (Å²) in [6, 6.07) is 6.55. The third kappa shape index (κ3) is 5.91. The van der Waals surface area contributed by atoms with Crippen molar-refractivity contribution in [2.75, 3.05) is 0 Å². The fourth-order valence-corrected chi connectivity index (χ4v) is 5.73. The van der Waals surface area contributed by atoms with Crippen LogP contribution in [0.5, 0.6) is 0 Å². The molecule has 1 saturated heterocycles. The van der Waals surface area contributed by atoms with Crippen molar-refractivity contribution in [3.63, 3.8) is 0 Å². The molecule has 1 aromatic carbocycles. The molecule has 2 heterocycles. The highest BCUT2D eigenvalue weighted by atomic mass is 35.5. The maximum atomic E-state index is 14.3. The first-order chi connectivity index (χ1) is 16.3. The second-order valence-electron chi connectivity index (χ2n) is 12.5. The lowest BCUT2D eigenvalue weighted by Crippen LogP contribution is -2.47. The molecule has 2 fully saturated rings. The van der Waals surface area contributed by atoms with E-state index in [9.17, 15) is 9.18 Å². The van der Waals surface area contributed by atoms with Gasteiger partial charge in [0.15, 0.2) is 0 Å². The third-order valence-corrected chi connectivity index (χ3v) is 8.17. The molecule has 192 valence electrons. The Kier molecular flexibility index (Phi) is 7.36. The predicted octanol–water partition coefficient (Wildman–Crippen LogP) is 6.34. The Morgan fingerprint density at radius 3 is 2.37 bits per heavy atom. The van der Waals surface area contributed by atoms with Crippen molar-refractivity contribution in [3.05, 3.63) is 52.6 Å². The van der Waals surface area contributed by atoms with E-state index in [2.05, 4.69) is 52.2 Å². The SMILES string of the molecule is CC(C)(C)C1CCC(NC(=O)[C@@H]2C[C@H](c3ccn(C(C)(C)C)n3)[C@H](c3ccc(Cl)c(F)c3)N2)CC1. The highest BCUT2D eigenvalue weighted by Crippen LogP contribution is 2.41. The quantitative estimate of drug-likeness (QED) is 0.513. The number of hydrogen-bond acceptors (Lipinski definition) is 3. The summed E-state index contributed by atoms with van der Waals surface area (Å²) in [5, 5.41) is 11.7. The fraction of sp³-hybridized carbons (Fsp3) is 0.643. The van der Waals surface area contributed by atoms with Crippen LogP contribution in [0.3, 0.4) is 0 Å². The molecule has 1 aliphatic carbocycles. The number of amides is 1. The molecule has 1 saturated carbocycles. The van der Waals surface area contributed by atoms with Crippen LogP contribution >= 0.6 is 11.6 Å². The van der Waals surface area contributed by atoms with Crippen molar-refractivity contribution in [2.24, 2.45) is 11.3 Å². The van der Waals surface area contributed by atoms with Gasteiger partial charge in [0, 0.05) is 24.2 Å². The lowest BCUT2D eigenvalue weighted by atomic mass is 9.71. The van der Waals surface area contributed by atoms with Crippen LogP contribution in [0, 0.1) is 17.2 Å². The number of carbonyl (C=O) groups is 1. The number of benzene rings is 1. The van der Waals surface area contributed by atoms with Crippen molar-refractivity contribution in [3.8, 4) is 0 Å². The monoisotopic (exact) mass is 502 g/mol. The second kappa shape index (κ2) is 9.85. The lowest BCUT2D eigenvalue weighted by Gasteiger charge is -2.37. The van der Waals surface area contributed by atoms with Crippen LogP contribution in [0.15, 0.2) is 30.5 Å². The van der Waals surface area contributed by atoms with E-state index in [1.165, 1.54) is 6.07 Å². The molecule has 0 radical (unpaired) electrons. The van der Waals surface area contributed by atoms with E-state index < -0.39 is 5.82 Å². The summed E-state index contributed by atoms with van der Waals surface area (Å²) < 4.78 is 16.3. The molecule has 35 heavy (non-hydrogen) atoms. The molecule has 4 rings (SSSR count). The van der Waals surface area contributed by atoms with Crippen LogP contribution < -0.4 is 10.6 Å². The number of halogens is 2. The predicted molar refractivity (Wildman–Crippen MR) is 139 cm³/mol. The fourth-order valence-electron chi connectivity index (χ4n) is 5.61. The summed E-state index contributed by atoms with van der Waals surface area (Å²) >= 11 is 5.94. The topological polar surface area (TPSA) is 59.0 Å². The van der Waals surface area contributed by atoms with Gasteiger partial charge >= 0.3 is 0 Å². The van der Waals surface area contributed by atoms with E-state index in [0.29, 0.717) is 17.8 Å². The van der Waals surface area contributed by atoms with Gasteiger partial charge in [0.05, 0.1) is 22.3 Å². The zero-order chi connectivity index (χ0) is 25.5. The Balaban J connectivity index is 1.51. The van der Waals surface area contributed by atoms with Gasteiger partial charge in [-0.25, -0.2) is 4.39 Å². The summed E-state index contributed by atoms with van der Waals surface area (Å²) in [6.45, 7) is 13.2. The van der Waals surface area contributed by atoms with Gasteiger partial charge in [-0.1, -0.05) is 38.4 Å². The van der Waals surface area contributed by atoms with E-state index in [1.807, 2.05) is 23.0 Å². The minimum absolute atomic E-state index is 0.0291.